The predicted octanol–water partition coefficient (Wildman–Crippen LogP) is 4.60. The third-order valence-corrected chi connectivity index (χ3v) is 15.1. The number of aliphatic hydroxyl groups is 11. The first-order chi connectivity index (χ1) is 36.3. The Morgan fingerprint density at radius 2 is 0.840 bits per heavy atom. The van der Waals surface area contributed by atoms with Gasteiger partial charge in [0.2, 0.25) is 5.91 Å². The van der Waals surface area contributed by atoms with Crippen LogP contribution in [0.1, 0.15) is 206 Å². The first kappa shape index (κ1) is 67.8. The molecular formula is C56H105NO18. The molecule has 0 aliphatic carbocycles. The molecule has 17 unspecified atom stereocenters. The van der Waals surface area contributed by atoms with E-state index in [-0.39, 0.29) is 18.9 Å². The lowest BCUT2D eigenvalue weighted by Gasteiger charge is -2.48. The number of carbonyl (C=O) groups excluding carboxylic acids is 1. The Bertz CT molecular complexity index is 1430. The number of allylic oxidation sites excluding steroid dienone is 2. The van der Waals surface area contributed by atoms with Gasteiger partial charge in [-0.3, -0.25) is 4.79 Å². The molecule has 75 heavy (non-hydrogen) atoms. The SMILES string of the molecule is CCCCCC/C=C\CCCCCCCC(=O)NC(COC1OC(CO)C(OC2OC(CO)C(OC3OC(CO)C(O)C(O)C3O)C(O)C2O)C(O)C1O)C(O)CCCCCCCCCCCCCCCCCCC. The van der Waals surface area contributed by atoms with E-state index in [9.17, 15) is 61.0 Å². The quantitative estimate of drug-likeness (QED) is 0.0293. The summed E-state index contributed by atoms with van der Waals surface area (Å²) in [6, 6.07) is -0.886. The Hall–Kier alpha value is -1.47. The Morgan fingerprint density at radius 1 is 0.467 bits per heavy atom. The van der Waals surface area contributed by atoms with Crippen LogP contribution in [-0.2, 0) is 33.2 Å². The highest BCUT2D eigenvalue weighted by molar-refractivity contribution is 5.76. The Balaban J connectivity index is 1.51. The second-order valence-electron chi connectivity index (χ2n) is 21.5. The normalized spacial score (nSPS) is 31.2. The van der Waals surface area contributed by atoms with Crippen molar-refractivity contribution in [1.82, 2.24) is 5.32 Å². The van der Waals surface area contributed by atoms with E-state index in [1.165, 1.54) is 109 Å². The van der Waals surface area contributed by atoms with Crippen LogP contribution in [0.5, 0.6) is 0 Å². The lowest BCUT2D eigenvalue weighted by Crippen LogP contribution is -2.66. The monoisotopic (exact) mass is 1080 g/mol. The van der Waals surface area contributed by atoms with E-state index in [4.69, 9.17) is 28.4 Å². The fourth-order valence-electron chi connectivity index (χ4n) is 10.2. The molecule has 442 valence electrons. The summed E-state index contributed by atoms with van der Waals surface area (Å²) in [5, 5.41) is 120. The number of hydrogen-bond acceptors (Lipinski definition) is 18. The van der Waals surface area contributed by atoms with Crippen molar-refractivity contribution >= 4 is 5.91 Å². The highest BCUT2D eigenvalue weighted by Crippen LogP contribution is 2.33. The van der Waals surface area contributed by atoms with Crippen LogP contribution < -0.4 is 5.32 Å². The van der Waals surface area contributed by atoms with Gasteiger partial charge in [0, 0.05) is 6.42 Å². The molecule has 19 heteroatoms. The van der Waals surface area contributed by atoms with Crippen LogP contribution in [0.4, 0.5) is 0 Å². The zero-order valence-corrected chi connectivity index (χ0v) is 45.8. The third kappa shape index (κ3) is 25.3. The van der Waals surface area contributed by atoms with Gasteiger partial charge in [0.25, 0.3) is 0 Å². The largest absolute Gasteiger partial charge is 0.394 e. The highest BCUT2D eigenvalue weighted by atomic mass is 16.8. The number of amides is 1. The third-order valence-electron chi connectivity index (χ3n) is 15.1. The molecule has 0 aromatic carbocycles. The second kappa shape index (κ2) is 40.7. The average molecular weight is 1080 g/mol. The standard InChI is InChI=1S/C56H105NO18/c1-3-5-7-9-11-13-15-17-18-19-20-22-23-25-27-29-31-33-40(61)39(57-44(62)34-32-30-28-26-24-21-16-14-12-10-8-6-4-2)38-70-54-50(68)47(65)52(42(36-59)72-54)75-56-51(69)48(66)53(43(37-60)73-56)74-55-49(67)46(64)45(63)41(35-58)71-55/h14,16,39-43,45-56,58-61,63-69H,3-13,15,17-38H2,1-2H3,(H,57,62)/b16-14-. The lowest BCUT2D eigenvalue weighted by atomic mass is 9.96. The molecule has 3 saturated heterocycles. The van der Waals surface area contributed by atoms with Gasteiger partial charge in [0.15, 0.2) is 18.9 Å². The van der Waals surface area contributed by atoms with Crippen molar-refractivity contribution < 1.29 is 89.4 Å². The van der Waals surface area contributed by atoms with Gasteiger partial charge in [-0.1, -0.05) is 174 Å². The van der Waals surface area contributed by atoms with E-state index >= 15 is 0 Å². The summed E-state index contributed by atoms with van der Waals surface area (Å²) >= 11 is 0. The number of unbranched alkanes of at least 4 members (excludes halogenated alkanes) is 25. The van der Waals surface area contributed by atoms with Crippen LogP contribution in [0.15, 0.2) is 12.2 Å². The molecule has 0 radical (unpaired) electrons. The number of carbonyl (C=O) groups is 1. The van der Waals surface area contributed by atoms with Crippen molar-refractivity contribution in [2.24, 2.45) is 0 Å². The van der Waals surface area contributed by atoms with Gasteiger partial charge in [-0.2, -0.15) is 0 Å². The van der Waals surface area contributed by atoms with Crippen molar-refractivity contribution in [2.45, 2.75) is 311 Å². The second-order valence-corrected chi connectivity index (χ2v) is 21.5. The smallest absolute Gasteiger partial charge is 0.220 e. The fraction of sp³-hybridized carbons (Fsp3) is 0.946. The summed E-state index contributed by atoms with van der Waals surface area (Å²) < 4.78 is 34.3. The first-order valence-corrected chi connectivity index (χ1v) is 29.4. The zero-order chi connectivity index (χ0) is 54.8. The van der Waals surface area contributed by atoms with Gasteiger partial charge in [0.1, 0.15) is 73.2 Å². The molecule has 0 saturated carbocycles. The van der Waals surface area contributed by atoms with Gasteiger partial charge in [-0.05, 0) is 38.5 Å². The van der Waals surface area contributed by atoms with E-state index < -0.39 is 124 Å². The van der Waals surface area contributed by atoms with Crippen LogP contribution in [-0.4, -0.2) is 193 Å². The maximum atomic E-state index is 13.3. The lowest BCUT2D eigenvalue weighted by molar-refractivity contribution is -0.379. The number of hydrogen-bond donors (Lipinski definition) is 12. The summed E-state index contributed by atoms with van der Waals surface area (Å²) in [4.78, 5) is 13.3. The number of nitrogens with one attached hydrogen (secondary N) is 1. The Labute approximate surface area is 448 Å². The summed E-state index contributed by atoms with van der Waals surface area (Å²) in [6.45, 7) is 1.76. The molecule has 3 aliphatic heterocycles. The van der Waals surface area contributed by atoms with Crippen LogP contribution in [0, 0.1) is 0 Å². The molecule has 3 heterocycles. The Morgan fingerprint density at radius 3 is 1.31 bits per heavy atom. The molecule has 12 N–H and O–H groups in total. The molecule has 3 aliphatic rings. The molecule has 0 aromatic rings. The molecule has 19 nitrogen and oxygen atoms in total. The molecule has 17 atom stereocenters. The summed E-state index contributed by atoms with van der Waals surface area (Å²) in [5.41, 5.74) is 0. The van der Waals surface area contributed by atoms with Gasteiger partial charge in [0.05, 0.1) is 38.6 Å². The fourth-order valence-corrected chi connectivity index (χ4v) is 10.2. The topological polar surface area (TPSA) is 307 Å². The molecular weight excluding hydrogens is 975 g/mol. The van der Waals surface area contributed by atoms with Crippen molar-refractivity contribution in [1.29, 1.82) is 0 Å². The number of aliphatic hydroxyl groups excluding tert-OH is 11. The van der Waals surface area contributed by atoms with Gasteiger partial charge in [-0.15, -0.1) is 0 Å². The van der Waals surface area contributed by atoms with Crippen molar-refractivity contribution in [3.63, 3.8) is 0 Å². The molecule has 0 bridgehead atoms. The minimum Gasteiger partial charge on any atom is -0.394 e. The van der Waals surface area contributed by atoms with Crippen molar-refractivity contribution in [3.8, 4) is 0 Å². The summed E-state index contributed by atoms with van der Waals surface area (Å²) in [6.07, 6.45) is 11.5. The summed E-state index contributed by atoms with van der Waals surface area (Å²) in [5.74, 6) is -0.252. The van der Waals surface area contributed by atoms with E-state index in [1.54, 1.807) is 0 Å². The molecule has 3 rings (SSSR count). The van der Waals surface area contributed by atoms with E-state index in [0.717, 1.165) is 64.2 Å². The maximum Gasteiger partial charge on any atom is 0.220 e. The number of rotatable bonds is 43. The first-order valence-electron chi connectivity index (χ1n) is 29.4. The van der Waals surface area contributed by atoms with E-state index in [0.29, 0.717) is 12.8 Å². The minimum atomic E-state index is -1.97. The molecule has 0 aromatic heterocycles. The predicted molar refractivity (Wildman–Crippen MR) is 282 cm³/mol. The zero-order valence-electron chi connectivity index (χ0n) is 45.8. The molecule has 3 fully saturated rings. The van der Waals surface area contributed by atoms with Crippen LogP contribution in [0.3, 0.4) is 0 Å². The summed E-state index contributed by atoms with van der Waals surface area (Å²) in [7, 11) is 0. The van der Waals surface area contributed by atoms with Crippen LogP contribution in [0.25, 0.3) is 0 Å². The highest BCUT2D eigenvalue weighted by Gasteiger charge is 2.53. The van der Waals surface area contributed by atoms with Gasteiger partial charge < -0.3 is 89.9 Å². The van der Waals surface area contributed by atoms with Crippen LogP contribution in [0.2, 0.25) is 0 Å². The molecule has 0 spiro atoms. The van der Waals surface area contributed by atoms with Crippen molar-refractivity contribution in [3.05, 3.63) is 12.2 Å². The van der Waals surface area contributed by atoms with Crippen LogP contribution >= 0.6 is 0 Å². The molecule has 1 amide bonds. The Kier molecular flexibility index (Phi) is 36.8. The number of ether oxygens (including phenoxy) is 6. The van der Waals surface area contributed by atoms with Gasteiger partial charge >= 0.3 is 0 Å². The van der Waals surface area contributed by atoms with Crippen molar-refractivity contribution in [2.75, 3.05) is 26.4 Å². The van der Waals surface area contributed by atoms with Gasteiger partial charge in [-0.25, -0.2) is 0 Å². The average Bonchev–Trinajstić information content (AvgIpc) is 3.41. The minimum absolute atomic E-state index is 0.252. The van der Waals surface area contributed by atoms with E-state index in [2.05, 4.69) is 31.3 Å². The maximum absolute atomic E-state index is 13.3. The van der Waals surface area contributed by atoms with E-state index in [1.807, 2.05) is 0 Å².